The fourth-order valence-corrected chi connectivity index (χ4v) is 3.38. The van der Waals surface area contributed by atoms with Gasteiger partial charge in [0.1, 0.15) is 11.7 Å². The molecular formula is C17H26N2O2. The Morgan fingerprint density at radius 1 is 1.33 bits per heavy atom. The van der Waals surface area contributed by atoms with E-state index in [0.29, 0.717) is 12.2 Å². The molecule has 4 heteroatoms. The molecule has 1 spiro atoms. The van der Waals surface area contributed by atoms with Gasteiger partial charge in [0.15, 0.2) is 0 Å². The van der Waals surface area contributed by atoms with Gasteiger partial charge in [-0.05, 0) is 52.2 Å². The van der Waals surface area contributed by atoms with Gasteiger partial charge in [0.05, 0.1) is 11.4 Å². The summed E-state index contributed by atoms with van der Waals surface area (Å²) in [5.41, 5.74) is 0.670. The molecule has 3 rings (SSSR count). The van der Waals surface area contributed by atoms with Crippen molar-refractivity contribution >= 4 is 0 Å². The fourth-order valence-electron chi connectivity index (χ4n) is 3.38. The Morgan fingerprint density at radius 3 is 2.57 bits per heavy atom. The molecule has 2 fully saturated rings. The summed E-state index contributed by atoms with van der Waals surface area (Å²) in [6.45, 7) is 6.66. The molecule has 2 atom stereocenters. The van der Waals surface area contributed by atoms with Crippen LogP contribution in [0.4, 0.5) is 0 Å². The van der Waals surface area contributed by atoms with Crippen LogP contribution in [0.25, 0.3) is 0 Å². The van der Waals surface area contributed by atoms with Crippen LogP contribution in [0.2, 0.25) is 0 Å². The minimum absolute atomic E-state index is 0.0384. The molecule has 1 unspecified atom stereocenters. The van der Waals surface area contributed by atoms with Crippen LogP contribution >= 0.6 is 0 Å². The maximum absolute atomic E-state index is 10.8. The summed E-state index contributed by atoms with van der Waals surface area (Å²) in [6.07, 6.45) is 3.59. The second kappa shape index (κ2) is 4.77. The molecule has 4 nitrogen and oxygen atoms in total. The Labute approximate surface area is 126 Å². The monoisotopic (exact) mass is 290 g/mol. The van der Waals surface area contributed by atoms with Crippen LogP contribution in [0.1, 0.15) is 63.9 Å². The van der Waals surface area contributed by atoms with Crippen LogP contribution in [0.3, 0.4) is 0 Å². The van der Waals surface area contributed by atoms with Crippen molar-refractivity contribution in [3.8, 4) is 0 Å². The van der Waals surface area contributed by atoms with Gasteiger partial charge in [-0.3, -0.25) is 4.98 Å². The van der Waals surface area contributed by atoms with Crippen molar-refractivity contribution in [3.63, 3.8) is 0 Å². The lowest BCUT2D eigenvalue weighted by Crippen LogP contribution is -2.38. The van der Waals surface area contributed by atoms with Gasteiger partial charge in [0.25, 0.3) is 0 Å². The van der Waals surface area contributed by atoms with Crippen molar-refractivity contribution in [2.24, 2.45) is 5.41 Å². The minimum Gasteiger partial charge on any atom is -0.385 e. The largest absolute Gasteiger partial charge is 0.385 e. The van der Waals surface area contributed by atoms with Gasteiger partial charge in [-0.15, -0.1) is 0 Å². The number of β-amino-alcohol motifs (C(OH)–C–C–N with tert-alkyl or cyclic N) is 1. The van der Waals surface area contributed by atoms with Crippen molar-refractivity contribution in [2.45, 2.75) is 63.7 Å². The van der Waals surface area contributed by atoms with Crippen LogP contribution in [0.15, 0.2) is 18.2 Å². The van der Waals surface area contributed by atoms with E-state index in [1.165, 1.54) is 6.42 Å². The lowest BCUT2D eigenvalue weighted by Gasteiger charge is -2.30. The summed E-state index contributed by atoms with van der Waals surface area (Å²) >= 11 is 0. The number of nitrogens with zero attached hydrogens (tertiary/aromatic N) is 1. The van der Waals surface area contributed by atoms with Crippen molar-refractivity contribution in [2.75, 3.05) is 6.54 Å². The van der Waals surface area contributed by atoms with E-state index in [4.69, 9.17) is 0 Å². The molecule has 2 aliphatic rings. The maximum Gasteiger partial charge on any atom is 0.113 e. The third-order valence-electron chi connectivity index (χ3n) is 5.02. The number of aliphatic hydroxyl groups is 2. The van der Waals surface area contributed by atoms with E-state index in [9.17, 15) is 10.2 Å². The first kappa shape index (κ1) is 14.9. The maximum atomic E-state index is 10.8. The molecule has 0 radical (unpaired) electrons. The minimum atomic E-state index is -0.752. The first-order valence-corrected chi connectivity index (χ1v) is 7.89. The molecule has 1 aromatic rings. The van der Waals surface area contributed by atoms with Gasteiger partial charge in [-0.1, -0.05) is 12.5 Å². The number of rotatable bonds is 4. The summed E-state index contributed by atoms with van der Waals surface area (Å²) in [5, 5.41) is 24.3. The number of hydrogen-bond acceptors (Lipinski definition) is 4. The molecule has 3 N–H and O–H groups in total. The van der Waals surface area contributed by atoms with Gasteiger partial charge >= 0.3 is 0 Å². The number of nitrogens with one attached hydrogen (secondary N) is 1. The second-order valence-corrected chi connectivity index (χ2v) is 7.77. The first-order valence-electron chi connectivity index (χ1n) is 7.89. The highest BCUT2D eigenvalue weighted by Crippen LogP contribution is 2.72. The highest BCUT2D eigenvalue weighted by molar-refractivity contribution is 5.32. The summed E-state index contributed by atoms with van der Waals surface area (Å²) < 4.78 is 0. The quantitative estimate of drug-likeness (QED) is 0.796. The highest BCUT2D eigenvalue weighted by Gasteiger charge is 2.70. The van der Waals surface area contributed by atoms with E-state index in [1.807, 2.05) is 18.2 Å². The number of pyridine rings is 1. The van der Waals surface area contributed by atoms with E-state index >= 15 is 0 Å². The van der Waals surface area contributed by atoms with Crippen LogP contribution < -0.4 is 5.32 Å². The molecule has 1 heterocycles. The van der Waals surface area contributed by atoms with Crippen LogP contribution in [0.5, 0.6) is 0 Å². The Balaban J connectivity index is 1.72. The normalized spacial score (nSPS) is 28.2. The molecule has 2 aliphatic carbocycles. The lowest BCUT2D eigenvalue weighted by atomic mass is 9.78. The molecule has 0 saturated heterocycles. The van der Waals surface area contributed by atoms with Gasteiger partial charge in [-0.25, -0.2) is 0 Å². The summed E-state index contributed by atoms with van der Waals surface area (Å²) in [6, 6.07) is 5.61. The highest BCUT2D eigenvalue weighted by atomic mass is 16.3. The van der Waals surface area contributed by atoms with Gasteiger partial charge < -0.3 is 15.5 Å². The molecular weight excluding hydrogens is 264 g/mol. The predicted molar refractivity (Wildman–Crippen MR) is 81.8 cm³/mol. The predicted octanol–water partition coefficient (Wildman–Crippen LogP) is 2.26. The topological polar surface area (TPSA) is 65.4 Å². The smallest absolute Gasteiger partial charge is 0.113 e. The summed E-state index contributed by atoms with van der Waals surface area (Å²) in [4.78, 5) is 4.54. The van der Waals surface area contributed by atoms with E-state index in [1.54, 1.807) is 0 Å². The van der Waals surface area contributed by atoms with Crippen LogP contribution in [0, 0.1) is 5.41 Å². The van der Waals surface area contributed by atoms with Crippen LogP contribution in [-0.4, -0.2) is 27.3 Å². The second-order valence-electron chi connectivity index (χ2n) is 7.77. The van der Waals surface area contributed by atoms with Gasteiger partial charge in [0, 0.05) is 17.5 Å². The number of aliphatic hydroxyl groups excluding tert-OH is 1. The van der Waals surface area contributed by atoms with Gasteiger partial charge in [-0.2, -0.15) is 0 Å². The molecule has 0 amide bonds. The molecule has 0 aliphatic heterocycles. The average molecular weight is 290 g/mol. The number of hydrogen-bond donors (Lipinski definition) is 3. The Hall–Kier alpha value is -0.970. The van der Waals surface area contributed by atoms with E-state index in [2.05, 4.69) is 31.1 Å². The standard InChI is InChI=1S/C17H26N2O2/c1-15(2,3)18-10-13(20)12-6-4-7-14(19-12)17(21)11-16(17)8-5-9-16/h4,6-7,13,18,20-21H,5,8-11H2,1-3H3/t13-,17?/m0/s1. The van der Waals surface area contributed by atoms with E-state index in [-0.39, 0.29) is 11.0 Å². The third-order valence-corrected chi connectivity index (χ3v) is 5.02. The molecule has 0 bridgehead atoms. The number of aromatic nitrogens is 1. The van der Waals surface area contributed by atoms with Crippen molar-refractivity contribution < 1.29 is 10.2 Å². The molecule has 116 valence electrons. The van der Waals surface area contributed by atoms with Crippen molar-refractivity contribution in [1.29, 1.82) is 0 Å². The van der Waals surface area contributed by atoms with Crippen LogP contribution in [-0.2, 0) is 5.60 Å². The zero-order chi connectivity index (χ0) is 15.3. The Morgan fingerprint density at radius 2 is 2.05 bits per heavy atom. The fraction of sp³-hybridized carbons (Fsp3) is 0.706. The zero-order valence-corrected chi connectivity index (χ0v) is 13.2. The molecule has 21 heavy (non-hydrogen) atoms. The summed E-state index contributed by atoms with van der Waals surface area (Å²) in [5.74, 6) is 0. The van der Waals surface area contributed by atoms with Crippen molar-refractivity contribution in [3.05, 3.63) is 29.6 Å². The molecule has 1 aromatic heterocycles. The summed E-state index contributed by atoms with van der Waals surface area (Å²) in [7, 11) is 0. The van der Waals surface area contributed by atoms with Crippen molar-refractivity contribution in [1.82, 2.24) is 10.3 Å². The van der Waals surface area contributed by atoms with E-state index < -0.39 is 11.7 Å². The first-order chi connectivity index (χ1) is 9.76. The third kappa shape index (κ3) is 2.60. The lowest BCUT2D eigenvalue weighted by molar-refractivity contribution is 0.0539. The molecule has 2 saturated carbocycles. The Bertz CT molecular complexity index is 534. The Kier molecular flexibility index (Phi) is 3.39. The average Bonchev–Trinajstić information content (AvgIpc) is 3.04. The van der Waals surface area contributed by atoms with Gasteiger partial charge in [0.2, 0.25) is 0 Å². The SMILES string of the molecule is CC(C)(C)NC[C@H](O)c1cccc(C2(O)CC23CCC3)n1. The van der Waals surface area contributed by atoms with E-state index in [0.717, 1.165) is 25.0 Å². The zero-order valence-electron chi connectivity index (χ0n) is 13.2. The molecule has 0 aromatic carbocycles.